The average Bonchev–Trinajstić information content (AvgIpc) is 2.32. The first-order valence-corrected chi connectivity index (χ1v) is 3.63. The molecular weight excluding hydrogens is 146 g/mol. The minimum atomic E-state index is -0.672. The Balaban J connectivity index is 2.75. The van der Waals surface area contributed by atoms with E-state index in [1.54, 1.807) is 6.92 Å². The van der Waals surface area contributed by atoms with Crippen molar-refractivity contribution in [3.8, 4) is 0 Å². The first kappa shape index (κ1) is 8.49. The van der Waals surface area contributed by atoms with Crippen molar-refractivity contribution in [2.75, 3.05) is 13.2 Å². The number of carbonyl (C=O) groups excluding carboxylic acids is 1. The van der Waals surface area contributed by atoms with Crippen LogP contribution in [0.5, 0.6) is 0 Å². The zero-order valence-electron chi connectivity index (χ0n) is 6.54. The molecule has 0 aliphatic carbocycles. The van der Waals surface area contributed by atoms with Crippen molar-refractivity contribution in [2.45, 2.75) is 19.4 Å². The molecule has 64 valence electrons. The molecule has 1 aliphatic heterocycles. The van der Waals surface area contributed by atoms with Crippen LogP contribution in [0.3, 0.4) is 0 Å². The number of ether oxygens (including phenoxy) is 1. The molecule has 1 amide bonds. The van der Waals surface area contributed by atoms with Gasteiger partial charge >= 0.3 is 0 Å². The fraction of sp³-hybridized carbons (Fsp3) is 0.857. The summed E-state index contributed by atoms with van der Waals surface area (Å²) in [7, 11) is 0. The molecule has 1 saturated heterocycles. The molecule has 0 spiro atoms. The minimum Gasteiger partial charge on any atom is -0.394 e. The van der Waals surface area contributed by atoms with Crippen molar-refractivity contribution < 1.29 is 14.6 Å². The van der Waals surface area contributed by atoms with Gasteiger partial charge in [0.15, 0.2) is 0 Å². The van der Waals surface area contributed by atoms with Crippen molar-refractivity contribution in [1.82, 2.24) is 0 Å². The lowest BCUT2D eigenvalue weighted by Crippen LogP contribution is -2.42. The first-order chi connectivity index (χ1) is 5.11. The Morgan fingerprint density at radius 3 is 2.91 bits per heavy atom. The van der Waals surface area contributed by atoms with Gasteiger partial charge in [-0.25, -0.2) is 0 Å². The summed E-state index contributed by atoms with van der Waals surface area (Å²) in [6, 6.07) is 0. The van der Waals surface area contributed by atoms with Gasteiger partial charge in [-0.2, -0.15) is 0 Å². The lowest BCUT2D eigenvalue weighted by Gasteiger charge is -2.24. The summed E-state index contributed by atoms with van der Waals surface area (Å²) in [6.45, 7) is 2.09. The second kappa shape index (κ2) is 2.79. The van der Waals surface area contributed by atoms with Gasteiger partial charge in [0.2, 0.25) is 5.91 Å². The van der Waals surface area contributed by atoms with E-state index in [1.807, 2.05) is 0 Å². The van der Waals surface area contributed by atoms with E-state index in [0.717, 1.165) is 0 Å². The van der Waals surface area contributed by atoms with Crippen molar-refractivity contribution in [2.24, 2.45) is 11.1 Å². The Morgan fingerprint density at radius 2 is 2.55 bits per heavy atom. The third-order valence-corrected chi connectivity index (χ3v) is 2.38. The number of primary amides is 1. The van der Waals surface area contributed by atoms with Gasteiger partial charge in [-0.15, -0.1) is 0 Å². The summed E-state index contributed by atoms with van der Waals surface area (Å²) in [5.74, 6) is -0.394. The minimum absolute atomic E-state index is 0.139. The third-order valence-electron chi connectivity index (χ3n) is 2.38. The predicted octanol–water partition coefficient (Wildman–Crippen LogP) is -0.741. The maximum absolute atomic E-state index is 10.9. The zero-order valence-corrected chi connectivity index (χ0v) is 6.54. The van der Waals surface area contributed by atoms with Crippen LogP contribution in [0.2, 0.25) is 0 Å². The lowest BCUT2D eigenvalue weighted by atomic mass is 9.83. The molecule has 1 heterocycles. The summed E-state index contributed by atoms with van der Waals surface area (Å²) >= 11 is 0. The Morgan fingerprint density at radius 1 is 1.91 bits per heavy atom. The largest absolute Gasteiger partial charge is 0.394 e. The van der Waals surface area contributed by atoms with Gasteiger partial charge in [-0.05, 0) is 13.3 Å². The van der Waals surface area contributed by atoms with Crippen LogP contribution in [-0.2, 0) is 9.53 Å². The Kier molecular flexibility index (Phi) is 2.15. The van der Waals surface area contributed by atoms with Crippen LogP contribution >= 0.6 is 0 Å². The highest BCUT2D eigenvalue weighted by atomic mass is 16.5. The average molecular weight is 159 g/mol. The van der Waals surface area contributed by atoms with Crippen molar-refractivity contribution in [1.29, 1.82) is 0 Å². The van der Waals surface area contributed by atoms with Gasteiger partial charge in [0.05, 0.1) is 18.1 Å². The van der Waals surface area contributed by atoms with Crippen LogP contribution in [0.4, 0.5) is 0 Å². The van der Waals surface area contributed by atoms with E-state index >= 15 is 0 Å². The van der Waals surface area contributed by atoms with Gasteiger partial charge in [0.25, 0.3) is 0 Å². The van der Waals surface area contributed by atoms with E-state index in [1.165, 1.54) is 0 Å². The molecular formula is C7H13NO3. The summed E-state index contributed by atoms with van der Waals surface area (Å²) in [4.78, 5) is 10.9. The highest BCUT2D eigenvalue weighted by Crippen LogP contribution is 2.33. The maximum atomic E-state index is 10.9. The first-order valence-electron chi connectivity index (χ1n) is 3.63. The highest BCUT2D eigenvalue weighted by Gasteiger charge is 2.44. The molecule has 1 aliphatic rings. The molecule has 0 bridgehead atoms. The van der Waals surface area contributed by atoms with Gasteiger partial charge < -0.3 is 15.6 Å². The molecule has 1 fully saturated rings. The number of carbonyl (C=O) groups is 1. The number of nitrogens with two attached hydrogens (primary N) is 1. The second-order valence-electron chi connectivity index (χ2n) is 3.07. The molecule has 0 unspecified atom stereocenters. The van der Waals surface area contributed by atoms with Crippen molar-refractivity contribution >= 4 is 5.91 Å². The quantitative estimate of drug-likeness (QED) is 0.557. The number of hydrogen-bond acceptors (Lipinski definition) is 3. The Bertz CT molecular complexity index is 171. The summed E-state index contributed by atoms with van der Waals surface area (Å²) in [5.41, 5.74) is 4.50. The topological polar surface area (TPSA) is 72.6 Å². The SMILES string of the molecule is C[C@]1(C(N)=O)CCO[C@@H]1CO. The van der Waals surface area contributed by atoms with Gasteiger partial charge in [-0.1, -0.05) is 0 Å². The fourth-order valence-corrected chi connectivity index (χ4v) is 1.29. The number of rotatable bonds is 2. The van der Waals surface area contributed by atoms with Crippen LogP contribution in [0.25, 0.3) is 0 Å². The van der Waals surface area contributed by atoms with Crippen LogP contribution in [0, 0.1) is 5.41 Å². The second-order valence-corrected chi connectivity index (χ2v) is 3.07. The molecule has 4 heteroatoms. The molecule has 2 atom stereocenters. The standard InChI is InChI=1S/C7H13NO3/c1-7(6(8)10)2-3-11-5(7)4-9/h5,9H,2-4H2,1H3,(H2,8,10)/t5-,7+/m1/s1. The van der Waals surface area contributed by atoms with Crippen LogP contribution in [0.15, 0.2) is 0 Å². The summed E-state index contributed by atoms with van der Waals surface area (Å²) in [6.07, 6.45) is 0.188. The van der Waals surface area contributed by atoms with Crippen molar-refractivity contribution in [3.63, 3.8) is 0 Å². The maximum Gasteiger partial charge on any atom is 0.226 e. The molecule has 0 saturated carbocycles. The molecule has 1 rings (SSSR count). The zero-order chi connectivity index (χ0) is 8.48. The monoisotopic (exact) mass is 159 g/mol. The van der Waals surface area contributed by atoms with E-state index in [9.17, 15) is 4.79 Å². The van der Waals surface area contributed by atoms with Crippen molar-refractivity contribution in [3.05, 3.63) is 0 Å². The van der Waals surface area contributed by atoms with E-state index < -0.39 is 17.4 Å². The van der Waals surface area contributed by atoms with E-state index in [0.29, 0.717) is 13.0 Å². The number of aliphatic hydroxyl groups excluding tert-OH is 1. The molecule has 0 aromatic heterocycles. The summed E-state index contributed by atoms with van der Waals surface area (Å²) in [5, 5.41) is 8.82. The van der Waals surface area contributed by atoms with Gasteiger partial charge in [-0.3, -0.25) is 4.79 Å². The van der Waals surface area contributed by atoms with E-state index in [4.69, 9.17) is 15.6 Å². The van der Waals surface area contributed by atoms with E-state index in [2.05, 4.69) is 0 Å². The van der Waals surface area contributed by atoms with Crippen LogP contribution < -0.4 is 5.73 Å². The number of amides is 1. The van der Waals surface area contributed by atoms with Crippen LogP contribution in [0.1, 0.15) is 13.3 Å². The molecule has 3 N–H and O–H groups in total. The smallest absolute Gasteiger partial charge is 0.226 e. The molecule has 11 heavy (non-hydrogen) atoms. The molecule has 0 radical (unpaired) electrons. The highest BCUT2D eigenvalue weighted by molar-refractivity contribution is 5.81. The predicted molar refractivity (Wildman–Crippen MR) is 38.7 cm³/mol. The molecule has 0 aromatic carbocycles. The summed E-state index contributed by atoms with van der Waals surface area (Å²) < 4.78 is 5.13. The third kappa shape index (κ3) is 1.23. The number of aliphatic hydroxyl groups is 1. The Hall–Kier alpha value is -0.610. The molecule has 4 nitrogen and oxygen atoms in total. The van der Waals surface area contributed by atoms with Crippen LogP contribution in [-0.4, -0.2) is 30.3 Å². The fourth-order valence-electron chi connectivity index (χ4n) is 1.29. The Labute approximate surface area is 65.3 Å². The normalized spacial score (nSPS) is 37.5. The van der Waals surface area contributed by atoms with E-state index in [-0.39, 0.29) is 6.61 Å². The lowest BCUT2D eigenvalue weighted by molar-refractivity contribution is -0.131. The van der Waals surface area contributed by atoms with Gasteiger partial charge in [0, 0.05) is 6.61 Å². The molecule has 0 aromatic rings. The number of hydrogen-bond donors (Lipinski definition) is 2. The van der Waals surface area contributed by atoms with Gasteiger partial charge in [0.1, 0.15) is 0 Å².